The van der Waals surface area contributed by atoms with E-state index >= 15 is 0 Å². The fraction of sp³-hybridized carbons (Fsp3) is 0.179. The molecule has 1 fully saturated rings. The zero-order valence-corrected chi connectivity index (χ0v) is 22.4. The van der Waals surface area contributed by atoms with Gasteiger partial charge in [-0.15, -0.1) is 0 Å². The van der Waals surface area contributed by atoms with E-state index in [-0.39, 0.29) is 21.5 Å². The third kappa shape index (κ3) is 4.87. The van der Waals surface area contributed by atoms with Crippen molar-refractivity contribution in [2.45, 2.75) is 25.8 Å². The Bertz CT molecular complexity index is 1600. The van der Waals surface area contributed by atoms with Crippen molar-refractivity contribution in [3.63, 3.8) is 0 Å². The number of nitrogens with zero attached hydrogens (tertiary/aromatic N) is 2. The molecule has 0 aliphatic carbocycles. The molecule has 1 N–H and O–H groups in total. The van der Waals surface area contributed by atoms with Crippen molar-refractivity contribution < 1.29 is 23.8 Å². The topological polar surface area (TPSA) is 79.7 Å². The second-order valence-electron chi connectivity index (χ2n) is 8.68. The number of benzene rings is 3. The Labute approximate surface area is 231 Å². The SMILES string of the molecule is CCCCOc1cccc(C(O)=C2C(=O)C(=O)N(c3nc4ccc(F)cc4s3)C2c2ccc(Cl)c(Cl)c2)c1. The summed E-state index contributed by atoms with van der Waals surface area (Å²) >= 11 is 13.5. The number of hydrogen-bond donors (Lipinski definition) is 1. The van der Waals surface area contributed by atoms with Gasteiger partial charge in [-0.3, -0.25) is 14.5 Å². The van der Waals surface area contributed by atoms with E-state index in [2.05, 4.69) is 11.9 Å². The van der Waals surface area contributed by atoms with Crippen LogP contribution in [0.1, 0.15) is 36.9 Å². The Morgan fingerprint density at radius 1 is 1.11 bits per heavy atom. The number of carbonyl (C=O) groups excluding carboxylic acids is 2. The molecule has 2 heterocycles. The second-order valence-corrected chi connectivity index (χ2v) is 10.5. The van der Waals surface area contributed by atoms with Gasteiger partial charge in [0.1, 0.15) is 17.3 Å². The van der Waals surface area contributed by atoms with Crippen LogP contribution in [0.5, 0.6) is 5.75 Å². The lowest BCUT2D eigenvalue weighted by atomic mass is 9.95. The molecular formula is C28H21Cl2FN2O4S. The first kappa shape index (κ1) is 26.2. The van der Waals surface area contributed by atoms with E-state index < -0.39 is 23.5 Å². The van der Waals surface area contributed by atoms with Crippen molar-refractivity contribution in [1.29, 1.82) is 0 Å². The van der Waals surface area contributed by atoms with Crippen molar-refractivity contribution >= 4 is 67.3 Å². The highest BCUT2D eigenvalue weighted by atomic mass is 35.5. The molecular weight excluding hydrogens is 550 g/mol. The van der Waals surface area contributed by atoms with Crippen LogP contribution in [0.3, 0.4) is 0 Å². The number of aliphatic hydroxyl groups is 1. The molecule has 3 aromatic carbocycles. The summed E-state index contributed by atoms with van der Waals surface area (Å²) in [7, 11) is 0. The molecule has 1 aliphatic rings. The van der Waals surface area contributed by atoms with Gasteiger partial charge >= 0.3 is 5.91 Å². The van der Waals surface area contributed by atoms with E-state index in [0.717, 1.165) is 24.2 Å². The van der Waals surface area contributed by atoms with Gasteiger partial charge in [-0.1, -0.05) is 66.1 Å². The molecule has 0 spiro atoms. The molecule has 0 radical (unpaired) electrons. The summed E-state index contributed by atoms with van der Waals surface area (Å²) in [4.78, 5) is 32.5. The van der Waals surface area contributed by atoms with Crippen LogP contribution in [0.2, 0.25) is 10.0 Å². The molecule has 10 heteroatoms. The number of unbranched alkanes of at least 4 members (excludes halogenated alkanes) is 1. The number of aliphatic hydroxyl groups excluding tert-OH is 1. The first-order valence-corrected chi connectivity index (χ1v) is 13.4. The number of ether oxygens (including phenoxy) is 1. The molecule has 38 heavy (non-hydrogen) atoms. The number of aromatic nitrogens is 1. The lowest BCUT2D eigenvalue weighted by molar-refractivity contribution is -0.132. The molecule has 1 unspecified atom stereocenters. The van der Waals surface area contributed by atoms with E-state index in [0.29, 0.717) is 38.7 Å². The number of rotatable bonds is 7. The Morgan fingerprint density at radius 2 is 1.92 bits per heavy atom. The Kier molecular flexibility index (Phi) is 7.38. The summed E-state index contributed by atoms with van der Waals surface area (Å²) in [5, 5.41) is 12.1. The van der Waals surface area contributed by atoms with Crippen molar-refractivity contribution in [3.8, 4) is 5.75 Å². The van der Waals surface area contributed by atoms with Gasteiger partial charge in [0.15, 0.2) is 5.13 Å². The molecule has 4 aromatic rings. The van der Waals surface area contributed by atoms with Crippen molar-refractivity contribution in [3.05, 3.63) is 93.2 Å². The number of Topliss-reactive ketones (excluding diaryl/α,β-unsaturated/α-hetero) is 1. The molecule has 194 valence electrons. The largest absolute Gasteiger partial charge is 0.507 e. The van der Waals surface area contributed by atoms with Crippen LogP contribution < -0.4 is 9.64 Å². The molecule has 1 atom stereocenters. The number of hydrogen-bond acceptors (Lipinski definition) is 6. The highest BCUT2D eigenvalue weighted by Crippen LogP contribution is 2.45. The summed E-state index contributed by atoms with van der Waals surface area (Å²) < 4.78 is 20.1. The van der Waals surface area contributed by atoms with Gasteiger partial charge < -0.3 is 9.84 Å². The fourth-order valence-electron chi connectivity index (χ4n) is 4.24. The van der Waals surface area contributed by atoms with E-state index in [1.54, 1.807) is 36.4 Å². The van der Waals surface area contributed by atoms with E-state index in [4.69, 9.17) is 27.9 Å². The van der Waals surface area contributed by atoms with Gasteiger partial charge in [-0.25, -0.2) is 9.37 Å². The summed E-state index contributed by atoms with van der Waals surface area (Å²) in [6, 6.07) is 14.4. The molecule has 1 saturated heterocycles. The summed E-state index contributed by atoms with van der Waals surface area (Å²) in [6.45, 7) is 2.56. The average Bonchev–Trinajstić information content (AvgIpc) is 3.43. The first-order valence-electron chi connectivity index (χ1n) is 11.8. The maximum Gasteiger partial charge on any atom is 0.301 e. The summed E-state index contributed by atoms with van der Waals surface area (Å²) in [6.07, 6.45) is 1.83. The second kappa shape index (κ2) is 10.7. The number of carbonyl (C=O) groups is 2. The lowest BCUT2D eigenvalue weighted by Crippen LogP contribution is -2.29. The third-order valence-corrected chi connectivity index (χ3v) is 7.88. The van der Waals surface area contributed by atoms with Crippen molar-refractivity contribution in [1.82, 2.24) is 4.98 Å². The van der Waals surface area contributed by atoms with E-state index in [1.165, 1.54) is 29.2 Å². The van der Waals surface area contributed by atoms with Gasteiger partial charge in [0, 0.05) is 5.56 Å². The van der Waals surface area contributed by atoms with E-state index in [1.807, 2.05) is 0 Å². The molecule has 1 amide bonds. The van der Waals surface area contributed by atoms with Crippen LogP contribution in [-0.4, -0.2) is 28.4 Å². The smallest absolute Gasteiger partial charge is 0.301 e. The van der Waals surface area contributed by atoms with Crippen LogP contribution in [0, 0.1) is 5.82 Å². The zero-order valence-electron chi connectivity index (χ0n) is 20.1. The van der Waals surface area contributed by atoms with Gasteiger partial charge in [-0.2, -0.15) is 0 Å². The number of thiazole rings is 1. The Balaban J connectivity index is 1.67. The molecule has 1 aliphatic heterocycles. The number of amides is 1. The van der Waals surface area contributed by atoms with Crippen LogP contribution in [0.4, 0.5) is 9.52 Å². The molecule has 0 bridgehead atoms. The predicted octanol–water partition coefficient (Wildman–Crippen LogP) is 7.55. The molecule has 6 nitrogen and oxygen atoms in total. The van der Waals surface area contributed by atoms with Crippen LogP contribution in [0.15, 0.2) is 66.2 Å². The summed E-state index contributed by atoms with van der Waals surface area (Å²) in [5.74, 6) is -2.05. The maximum absolute atomic E-state index is 13.8. The van der Waals surface area contributed by atoms with Gasteiger partial charge in [0.2, 0.25) is 0 Å². The summed E-state index contributed by atoms with van der Waals surface area (Å²) in [5.41, 5.74) is 1.09. The minimum absolute atomic E-state index is 0.135. The van der Waals surface area contributed by atoms with Crippen LogP contribution >= 0.6 is 34.5 Å². The number of ketones is 1. The predicted molar refractivity (Wildman–Crippen MR) is 148 cm³/mol. The quantitative estimate of drug-likeness (QED) is 0.107. The van der Waals surface area contributed by atoms with Gasteiger partial charge in [-0.05, 0) is 54.4 Å². The van der Waals surface area contributed by atoms with Gasteiger partial charge in [0.05, 0.1) is 38.5 Å². The average molecular weight is 571 g/mol. The third-order valence-electron chi connectivity index (χ3n) is 6.12. The highest BCUT2D eigenvalue weighted by Gasteiger charge is 2.48. The zero-order chi connectivity index (χ0) is 27.0. The minimum atomic E-state index is -1.06. The van der Waals surface area contributed by atoms with Gasteiger partial charge in [0.25, 0.3) is 5.78 Å². The lowest BCUT2D eigenvalue weighted by Gasteiger charge is -2.23. The minimum Gasteiger partial charge on any atom is -0.507 e. The van der Waals surface area contributed by atoms with Crippen LogP contribution in [-0.2, 0) is 9.59 Å². The number of anilines is 1. The van der Waals surface area contributed by atoms with Crippen molar-refractivity contribution in [2.75, 3.05) is 11.5 Å². The van der Waals surface area contributed by atoms with Crippen molar-refractivity contribution in [2.24, 2.45) is 0 Å². The number of fused-ring (bicyclic) bond motifs is 1. The molecule has 5 rings (SSSR count). The normalized spacial score (nSPS) is 16.9. The number of halogens is 3. The Morgan fingerprint density at radius 3 is 2.68 bits per heavy atom. The molecule has 1 aromatic heterocycles. The first-order chi connectivity index (χ1) is 18.3. The standard InChI is InChI=1S/C28H21Cl2FN2O4S/c1-2-3-11-37-18-6-4-5-16(12-18)25(34)23-24(15-7-9-19(29)20(30)13-15)33(27(36)26(23)35)28-32-21-10-8-17(31)14-22(21)38-28/h4-10,12-14,24,34H,2-3,11H2,1H3. The highest BCUT2D eigenvalue weighted by molar-refractivity contribution is 7.22. The maximum atomic E-state index is 13.8. The fourth-order valence-corrected chi connectivity index (χ4v) is 5.56. The monoisotopic (exact) mass is 570 g/mol. The Hall–Kier alpha value is -3.46. The van der Waals surface area contributed by atoms with E-state index in [9.17, 15) is 19.1 Å². The van der Waals surface area contributed by atoms with Crippen LogP contribution in [0.25, 0.3) is 16.0 Å². The molecule has 0 saturated carbocycles.